The number of rotatable bonds is 2. The molecule has 0 unspecified atom stereocenters. The molecule has 0 aliphatic rings. The van der Waals surface area contributed by atoms with Crippen molar-refractivity contribution in [3.8, 4) is 22.3 Å². The molecule has 0 heterocycles. The Bertz CT molecular complexity index is 797. The van der Waals surface area contributed by atoms with Crippen molar-refractivity contribution in [3.05, 3.63) is 83.4 Å². The molecule has 0 fully saturated rings. The largest absolute Gasteiger partial charge is 0.206 e. The van der Waals surface area contributed by atoms with Crippen molar-refractivity contribution in [3.63, 3.8) is 0 Å². The Labute approximate surface area is 126 Å². The molecule has 0 amide bonds. The lowest BCUT2D eigenvalue weighted by molar-refractivity contribution is 0.616. The van der Waals surface area contributed by atoms with Crippen LogP contribution in [0.15, 0.2) is 60.7 Å². The summed E-state index contributed by atoms with van der Waals surface area (Å²) in [4.78, 5) is 0. The topological polar surface area (TPSA) is 0 Å². The first-order valence-corrected chi connectivity index (χ1v) is 6.75. The van der Waals surface area contributed by atoms with E-state index in [2.05, 4.69) is 6.07 Å². The van der Waals surface area contributed by atoms with E-state index >= 15 is 0 Å². The molecule has 3 aromatic carbocycles. The molecule has 103 valence electrons. The van der Waals surface area contributed by atoms with Gasteiger partial charge in [0.15, 0.2) is 0 Å². The maximum absolute atomic E-state index is 14.3. The normalized spacial score (nSPS) is 10.6. The average Bonchev–Trinajstić information content (AvgIpc) is 2.48. The van der Waals surface area contributed by atoms with Crippen LogP contribution in [0.4, 0.5) is 8.78 Å². The number of hydrogen-bond acceptors (Lipinski definition) is 0. The molecule has 1 radical (unpaired) electrons. The van der Waals surface area contributed by atoms with Crippen molar-refractivity contribution < 1.29 is 8.78 Å². The monoisotopic (exact) mass is 299 g/mol. The Morgan fingerprint density at radius 3 is 2.19 bits per heavy atom. The van der Waals surface area contributed by atoms with Gasteiger partial charge in [-0.25, -0.2) is 8.78 Å². The third kappa shape index (κ3) is 2.81. The van der Waals surface area contributed by atoms with Crippen LogP contribution in [-0.4, -0.2) is 0 Å². The molecule has 0 spiro atoms. The number of halogens is 3. The minimum Gasteiger partial charge on any atom is -0.206 e. The summed E-state index contributed by atoms with van der Waals surface area (Å²) in [5, 5.41) is 0.464. The lowest BCUT2D eigenvalue weighted by Crippen LogP contribution is -1.89. The van der Waals surface area contributed by atoms with Gasteiger partial charge in [0.1, 0.15) is 11.6 Å². The molecule has 0 bridgehead atoms. The maximum atomic E-state index is 14.3. The molecule has 0 aliphatic carbocycles. The second-order valence-electron chi connectivity index (χ2n) is 4.60. The summed E-state index contributed by atoms with van der Waals surface area (Å²) in [6, 6.07) is 18.8. The third-order valence-electron chi connectivity index (χ3n) is 3.23. The van der Waals surface area contributed by atoms with E-state index in [1.54, 1.807) is 48.5 Å². The highest BCUT2D eigenvalue weighted by molar-refractivity contribution is 6.30. The van der Waals surface area contributed by atoms with Gasteiger partial charge in [-0.05, 0) is 29.3 Å². The maximum Gasteiger partial charge on any atom is 0.131 e. The molecule has 0 saturated carbocycles. The van der Waals surface area contributed by atoms with Gasteiger partial charge >= 0.3 is 0 Å². The van der Waals surface area contributed by atoms with Crippen LogP contribution in [0, 0.1) is 17.7 Å². The van der Waals surface area contributed by atoms with Crippen LogP contribution < -0.4 is 0 Å². The zero-order chi connectivity index (χ0) is 14.8. The van der Waals surface area contributed by atoms with Crippen LogP contribution in [0.5, 0.6) is 0 Å². The van der Waals surface area contributed by atoms with Crippen molar-refractivity contribution in [1.82, 2.24) is 0 Å². The molecule has 0 aliphatic heterocycles. The minimum atomic E-state index is -0.471. The summed E-state index contributed by atoms with van der Waals surface area (Å²) in [5.41, 5.74) is 1.97. The van der Waals surface area contributed by atoms with Crippen LogP contribution >= 0.6 is 11.6 Å². The highest BCUT2D eigenvalue weighted by Gasteiger charge is 2.11. The number of benzene rings is 3. The number of hydrogen-bond donors (Lipinski definition) is 0. The van der Waals surface area contributed by atoms with Gasteiger partial charge in [-0.1, -0.05) is 54.1 Å². The summed E-state index contributed by atoms with van der Waals surface area (Å²) in [6.07, 6.45) is 0. The van der Waals surface area contributed by atoms with E-state index < -0.39 is 11.6 Å². The molecule has 0 nitrogen and oxygen atoms in total. The van der Waals surface area contributed by atoms with Crippen LogP contribution in [0.25, 0.3) is 22.3 Å². The van der Waals surface area contributed by atoms with Gasteiger partial charge in [0.25, 0.3) is 0 Å². The first kappa shape index (κ1) is 13.8. The highest BCUT2D eigenvalue weighted by atomic mass is 35.5. The van der Waals surface area contributed by atoms with Crippen molar-refractivity contribution >= 4 is 11.6 Å². The molecule has 3 aromatic rings. The van der Waals surface area contributed by atoms with Crippen molar-refractivity contribution in [1.29, 1.82) is 0 Å². The Balaban J connectivity index is 2.07. The van der Waals surface area contributed by atoms with E-state index in [9.17, 15) is 8.78 Å². The van der Waals surface area contributed by atoms with Gasteiger partial charge in [-0.15, -0.1) is 0 Å². The molecule has 0 N–H and O–H groups in total. The zero-order valence-corrected chi connectivity index (χ0v) is 11.7. The molecule has 0 saturated heterocycles. The molecule has 0 atom stereocenters. The fourth-order valence-corrected chi connectivity index (χ4v) is 2.39. The second-order valence-corrected chi connectivity index (χ2v) is 5.01. The molecular formula is C18H10ClF2. The smallest absolute Gasteiger partial charge is 0.131 e. The van der Waals surface area contributed by atoms with E-state index in [0.717, 1.165) is 5.56 Å². The summed E-state index contributed by atoms with van der Waals surface area (Å²) in [7, 11) is 0. The zero-order valence-electron chi connectivity index (χ0n) is 10.9. The van der Waals surface area contributed by atoms with Gasteiger partial charge in [0.05, 0.1) is 0 Å². The van der Waals surface area contributed by atoms with E-state index in [1.165, 1.54) is 12.1 Å². The van der Waals surface area contributed by atoms with Crippen molar-refractivity contribution in [2.45, 2.75) is 0 Å². The Morgan fingerprint density at radius 1 is 0.762 bits per heavy atom. The van der Waals surface area contributed by atoms with Gasteiger partial charge in [0.2, 0.25) is 0 Å². The van der Waals surface area contributed by atoms with E-state index in [-0.39, 0.29) is 11.1 Å². The van der Waals surface area contributed by atoms with Crippen LogP contribution in [0.3, 0.4) is 0 Å². The summed E-state index contributed by atoms with van der Waals surface area (Å²) in [6.45, 7) is 0. The lowest BCUT2D eigenvalue weighted by atomic mass is 9.99. The van der Waals surface area contributed by atoms with Crippen molar-refractivity contribution in [2.75, 3.05) is 0 Å². The molecular weight excluding hydrogens is 290 g/mol. The van der Waals surface area contributed by atoms with Crippen LogP contribution in [-0.2, 0) is 0 Å². The minimum absolute atomic E-state index is 0.241. The predicted octanol–water partition coefficient (Wildman–Crippen LogP) is 5.75. The second kappa shape index (κ2) is 5.66. The third-order valence-corrected chi connectivity index (χ3v) is 3.45. The average molecular weight is 300 g/mol. The lowest BCUT2D eigenvalue weighted by Gasteiger charge is -2.08. The standard InChI is InChI=1S/C18H10ClF2/c19-14-5-3-4-12(10-14)13-8-9-16(18(21)11-13)15-6-1-2-7-17(15)20/h1-4,6-11H. The van der Waals surface area contributed by atoms with Gasteiger partial charge in [-0.2, -0.15) is 0 Å². The Kier molecular flexibility index (Phi) is 3.72. The fraction of sp³-hybridized carbons (Fsp3) is 0. The molecule has 0 aromatic heterocycles. The predicted molar refractivity (Wildman–Crippen MR) is 81.1 cm³/mol. The van der Waals surface area contributed by atoms with Crippen LogP contribution in [0.2, 0.25) is 5.02 Å². The molecule has 3 rings (SSSR count). The fourth-order valence-electron chi connectivity index (χ4n) is 2.21. The quantitative estimate of drug-likeness (QED) is 0.565. The Morgan fingerprint density at radius 2 is 1.48 bits per heavy atom. The van der Waals surface area contributed by atoms with Crippen LogP contribution in [0.1, 0.15) is 0 Å². The van der Waals surface area contributed by atoms with Crippen molar-refractivity contribution in [2.24, 2.45) is 0 Å². The highest BCUT2D eigenvalue weighted by Crippen LogP contribution is 2.30. The summed E-state index contributed by atoms with van der Waals surface area (Å²) < 4.78 is 28.0. The molecule has 3 heteroatoms. The summed E-state index contributed by atoms with van der Waals surface area (Å²) >= 11 is 5.88. The van der Waals surface area contributed by atoms with Gasteiger partial charge < -0.3 is 0 Å². The SMILES string of the molecule is Fc1ccccc1-c1ccc(-c2cc[c]c(Cl)c2)cc1F. The van der Waals surface area contributed by atoms with E-state index in [4.69, 9.17) is 11.6 Å². The Hall–Kier alpha value is -2.19. The van der Waals surface area contributed by atoms with E-state index in [0.29, 0.717) is 10.6 Å². The molecule has 21 heavy (non-hydrogen) atoms. The first-order chi connectivity index (χ1) is 10.1. The van der Waals surface area contributed by atoms with Gasteiger partial charge in [0, 0.05) is 22.2 Å². The first-order valence-electron chi connectivity index (χ1n) is 6.37. The van der Waals surface area contributed by atoms with E-state index in [1.807, 2.05) is 0 Å². The van der Waals surface area contributed by atoms with Gasteiger partial charge in [-0.3, -0.25) is 0 Å². The summed E-state index contributed by atoms with van der Waals surface area (Å²) in [5.74, 6) is -0.914.